The van der Waals surface area contributed by atoms with Crippen LogP contribution in [0.25, 0.3) is 11.3 Å². The number of aromatic nitrogens is 1. The van der Waals surface area contributed by atoms with Crippen LogP contribution in [0.4, 0.5) is 0 Å². The quantitative estimate of drug-likeness (QED) is 0.735. The minimum atomic E-state index is 0.662. The number of rotatable bonds is 1. The number of nitrogens with one attached hydrogen (secondary N) is 1. The topological polar surface area (TPSA) is 15.8 Å². The van der Waals surface area contributed by atoms with E-state index in [-0.39, 0.29) is 0 Å². The molecule has 13 heavy (non-hydrogen) atoms. The normalized spacial score (nSPS) is 10.3. The lowest BCUT2D eigenvalue weighted by atomic mass is 10.1. The van der Waals surface area contributed by atoms with Crippen LogP contribution in [0, 0.1) is 0 Å². The SMILES string of the molecule is Clc1cccc(Cl)c1-c1ccc[nH]1. The van der Waals surface area contributed by atoms with Gasteiger partial charge in [0, 0.05) is 17.5 Å². The molecule has 1 N–H and O–H groups in total. The van der Waals surface area contributed by atoms with Gasteiger partial charge in [0.15, 0.2) is 0 Å². The third-order valence-corrected chi connectivity index (χ3v) is 2.46. The van der Waals surface area contributed by atoms with Gasteiger partial charge in [-0.05, 0) is 24.3 Å². The molecule has 1 aromatic heterocycles. The second kappa shape index (κ2) is 3.44. The molecule has 0 fully saturated rings. The molecule has 0 amide bonds. The second-order valence-electron chi connectivity index (χ2n) is 2.68. The molecular weight excluding hydrogens is 205 g/mol. The summed E-state index contributed by atoms with van der Waals surface area (Å²) in [7, 11) is 0. The Hall–Kier alpha value is -0.920. The van der Waals surface area contributed by atoms with Crippen molar-refractivity contribution in [1.29, 1.82) is 0 Å². The molecule has 3 heteroatoms. The fraction of sp³-hybridized carbons (Fsp3) is 0. The molecule has 0 aliphatic heterocycles. The molecule has 0 aliphatic carbocycles. The van der Waals surface area contributed by atoms with E-state index >= 15 is 0 Å². The summed E-state index contributed by atoms with van der Waals surface area (Å²) < 4.78 is 0. The Morgan fingerprint density at radius 2 is 1.62 bits per heavy atom. The molecule has 2 aromatic rings. The fourth-order valence-electron chi connectivity index (χ4n) is 1.24. The minimum absolute atomic E-state index is 0.662. The third-order valence-electron chi connectivity index (χ3n) is 1.83. The summed E-state index contributed by atoms with van der Waals surface area (Å²) in [5.74, 6) is 0. The van der Waals surface area contributed by atoms with Crippen LogP contribution in [0.1, 0.15) is 0 Å². The number of hydrogen-bond donors (Lipinski definition) is 1. The van der Waals surface area contributed by atoms with Crippen LogP contribution < -0.4 is 0 Å². The second-order valence-corrected chi connectivity index (χ2v) is 3.49. The average molecular weight is 212 g/mol. The van der Waals surface area contributed by atoms with Gasteiger partial charge in [0.25, 0.3) is 0 Å². The maximum absolute atomic E-state index is 6.02. The van der Waals surface area contributed by atoms with Crippen LogP contribution in [0.3, 0.4) is 0 Å². The molecule has 1 nitrogen and oxygen atoms in total. The highest BCUT2D eigenvalue weighted by atomic mass is 35.5. The predicted molar refractivity (Wildman–Crippen MR) is 56.2 cm³/mol. The Kier molecular flexibility index (Phi) is 2.30. The van der Waals surface area contributed by atoms with Crippen LogP contribution in [-0.4, -0.2) is 4.98 Å². The first kappa shape index (κ1) is 8.67. The lowest BCUT2D eigenvalue weighted by Crippen LogP contribution is -1.80. The lowest BCUT2D eigenvalue weighted by molar-refractivity contribution is 1.40. The van der Waals surface area contributed by atoms with Gasteiger partial charge in [0.2, 0.25) is 0 Å². The zero-order chi connectivity index (χ0) is 9.26. The minimum Gasteiger partial charge on any atom is -0.361 e. The molecule has 0 saturated carbocycles. The molecule has 0 spiro atoms. The highest BCUT2D eigenvalue weighted by molar-refractivity contribution is 6.39. The molecular formula is C10H7Cl2N. The van der Waals surface area contributed by atoms with Gasteiger partial charge >= 0.3 is 0 Å². The van der Waals surface area contributed by atoms with Crippen molar-refractivity contribution in [3.8, 4) is 11.3 Å². The van der Waals surface area contributed by atoms with Gasteiger partial charge < -0.3 is 4.98 Å². The lowest BCUT2D eigenvalue weighted by Gasteiger charge is -2.03. The van der Waals surface area contributed by atoms with Crippen LogP contribution in [0.5, 0.6) is 0 Å². The first-order valence-electron chi connectivity index (χ1n) is 3.87. The average Bonchev–Trinajstić information content (AvgIpc) is 2.57. The van der Waals surface area contributed by atoms with Gasteiger partial charge in [-0.25, -0.2) is 0 Å². The van der Waals surface area contributed by atoms with E-state index in [0.29, 0.717) is 10.0 Å². The number of hydrogen-bond acceptors (Lipinski definition) is 0. The highest BCUT2D eigenvalue weighted by Crippen LogP contribution is 2.33. The monoisotopic (exact) mass is 211 g/mol. The van der Waals surface area contributed by atoms with Crippen molar-refractivity contribution in [2.24, 2.45) is 0 Å². The molecule has 1 aromatic carbocycles. The zero-order valence-electron chi connectivity index (χ0n) is 6.72. The van der Waals surface area contributed by atoms with E-state index in [9.17, 15) is 0 Å². The first-order valence-corrected chi connectivity index (χ1v) is 4.62. The van der Waals surface area contributed by atoms with E-state index in [4.69, 9.17) is 23.2 Å². The maximum Gasteiger partial charge on any atom is 0.0514 e. The molecule has 0 bridgehead atoms. The summed E-state index contributed by atoms with van der Waals surface area (Å²) >= 11 is 12.0. The van der Waals surface area contributed by atoms with Crippen LogP contribution in [0.15, 0.2) is 36.5 Å². The largest absolute Gasteiger partial charge is 0.361 e. The van der Waals surface area contributed by atoms with Gasteiger partial charge in [0.1, 0.15) is 0 Å². The molecule has 0 saturated heterocycles. The van der Waals surface area contributed by atoms with Gasteiger partial charge in [-0.1, -0.05) is 29.3 Å². The van der Waals surface area contributed by atoms with E-state index in [1.165, 1.54) is 0 Å². The molecule has 0 atom stereocenters. The Morgan fingerprint density at radius 3 is 2.15 bits per heavy atom. The van der Waals surface area contributed by atoms with E-state index < -0.39 is 0 Å². The number of benzene rings is 1. The standard InChI is InChI=1S/C10H7Cl2N/c11-7-3-1-4-8(12)10(7)9-5-2-6-13-9/h1-6,13H. The smallest absolute Gasteiger partial charge is 0.0514 e. The summed E-state index contributed by atoms with van der Waals surface area (Å²) in [5, 5.41) is 1.32. The van der Waals surface area contributed by atoms with Gasteiger partial charge in [-0.2, -0.15) is 0 Å². The Balaban J connectivity index is 2.64. The Bertz CT molecular complexity index is 387. The summed E-state index contributed by atoms with van der Waals surface area (Å²) in [5.41, 5.74) is 1.80. The molecule has 2 rings (SSSR count). The van der Waals surface area contributed by atoms with E-state index in [1.54, 1.807) is 0 Å². The molecule has 1 heterocycles. The Labute approximate surface area is 86.3 Å². The van der Waals surface area contributed by atoms with Gasteiger partial charge in [-0.3, -0.25) is 0 Å². The molecule has 0 unspecified atom stereocenters. The van der Waals surface area contributed by atoms with Crippen LogP contribution in [0.2, 0.25) is 10.0 Å². The van der Waals surface area contributed by atoms with Crippen molar-refractivity contribution in [1.82, 2.24) is 4.98 Å². The van der Waals surface area contributed by atoms with Crippen molar-refractivity contribution in [2.45, 2.75) is 0 Å². The molecule has 66 valence electrons. The van der Waals surface area contributed by atoms with Crippen molar-refractivity contribution in [3.63, 3.8) is 0 Å². The van der Waals surface area contributed by atoms with Crippen molar-refractivity contribution < 1.29 is 0 Å². The van der Waals surface area contributed by atoms with Gasteiger partial charge in [-0.15, -0.1) is 0 Å². The van der Waals surface area contributed by atoms with Crippen molar-refractivity contribution in [3.05, 3.63) is 46.6 Å². The third kappa shape index (κ3) is 1.58. The van der Waals surface area contributed by atoms with E-state index in [1.807, 2.05) is 36.5 Å². The van der Waals surface area contributed by atoms with Gasteiger partial charge in [0.05, 0.1) is 10.0 Å². The van der Waals surface area contributed by atoms with Crippen molar-refractivity contribution >= 4 is 23.2 Å². The van der Waals surface area contributed by atoms with E-state index in [2.05, 4.69) is 4.98 Å². The summed E-state index contributed by atoms with van der Waals surface area (Å²) in [4.78, 5) is 3.07. The van der Waals surface area contributed by atoms with E-state index in [0.717, 1.165) is 11.3 Å². The first-order chi connectivity index (χ1) is 6.29. The van der Waals surface area contributed by atoms with Crippen LogP contribution >= 0.6 is 23.2 Å². The number of aromatic amines is 1. The van der Waals surface area contributed by atoms with Crippen LogP contribution in [-0.2, 0) is 0 Å². The summed E-state index contributed by atoms with van der Waals surface area (Å²) in [6.07, 6.45) is 1.84. The fourth-order valence-corrected chi connectivity index (χ4v) is 1.84. The molecule has 0 aliphatic rings. The predicted octanol–water partition coefficient (Wildman–Crippen LogP) is 3.99. The maximum atomic E-state index is 6.02. The highest BCUT2D eigenvalue weighted by Gasteiger charge is 2.07. The molecule has 0 radical (unpaired) electrons. The van der Waals surface area contributed by atoms with Crippen molar-refractivity contribution in [2.75, 3.05) is 0 Å². The summed E-state index contributed by atoms with van der Waals surface area (Å²) in [6, 6.07) is 9.33. The summed E-state index contributed by atoms with van der Waals surface area (Å²) in [6.45, 7) is 0. The zero-order valence-corrected chi connectivity index (χ0v) is 8.23. The number of halogens is 2. The number of H-pyrrole nitrogens is 1. The Morgan fingerprint density at radius 1 is 0.923 bits per heavy atom.